The van der Waals surface area contributed by atoms with Gasteiger partial charge in [-0.15, -0.1) is 0 Å². The van der Waals surface area contributed by atoms with E-state index >= 15 is 0 Å². The molecular weight excluding hydrogens is 212 g/mol. The Morgan fingerprint density at radius 1 is 1.00 bits per heavy atom. The molecule has 0 bridgehead atoms. The van der Waals surface area contributed by atoms with Gasteiger partial charge in [0.1, 0.15) is 0 Å². The molecule has 1 saturated heterocycles. The lowest BCUT2D eigenvalue weighted by Gasteiger charge is -2.24. The molecule has 0 atom stereocenters. The third-order valence-electron chi connectivity index (χ3n) is 3.38. The summed E-state index contributed by atoms with van der Waals surface area (Å²) in [6.07, 6.45) is 2.56. The fourth-order valence-electron chi connectivity index (χ4n) is 2.21. The van der Waals surface area contributed by atoms with Crippen molar-refractivity contribution in [2.24, 2.45) is 0 Å². The monoisotopic (exact) mass is 242 g/mol. The zero-order valence-electron chi connectivity index (χ0n) is 11.9. The van der Waals surface area contributed by atoms with Crippen LogP contribution in [0.5, 0.6) is 0 Å². The largest absolute Gasteiger partial charge is 0.315 e. The summed E-state index contributed by atoms with van der Waals surface area (Å²) in [6, 6.07) is 0. The van der Waals surface area contributed by atoms with Crippen molar-refractivity contribution in [3.05, 3.63) is 0 Å². The summed E-state index contributed by atoms with van der Waals surface area (Å²) in [7, 11) is 6.53. The molecule has 1 heterocycles. The summed E-state index contributed by atoms with van der Waals surface area (Å²) in [6.45, 7) is 9.65. The molecule has 1 aliphatic heterocycles. The zero-order valence-corrected chi connectivity index (χ0v) is 11.9. The first kappa shape index (κ1) is 14.9. The Labute approximate surface area is 107 Å². The van der Waals surface area contributed by atoms with Gasteiger partial charge < -0.3 is 20.0 Å². The summed E-state index contributed by atoms with van der Waals surface area (Å²) in [5.74, 6) is 0. The molecule has 0 saturated carbocycles. The predicted octanol–water partition coefficient (Wildman–Crippen LogP) is 0.165. The van der Waals surface area contributed by atoms with E-state index in [1.807, 2.05) is 0 Å². The number of nitrogens with one attached hydrogen (secondary N) is 1. The zero-order chi connectivity index (χ0) is 12.5. The van der Waals surface area contributed by atoms with Crippen LogP contribution in [-0.2, 0) is 0 Å². The molecular formula is C13H30N4. The summed E-state index contributed by atoms with van der Waals surface area (Å²) >= 11 is 0. The Morgan fingerprint density at radius 2 is 1.82 bits per heavy atom. The average Bonchev–Trinajstić information content (AvgIpc) is 2.54. The van der Waals surface area contributed by atoms with Gasteiger partial charge in [-0.3, -0.25) is 0 Å². The average molecular weight is 242 g/mol. The van der Waals surface area contributed by atoms with Crippen molar-refractivity contribution < 1.29 is 0 Å². The molecule has 0 aromatic rings. The fraction of sp³-hybridized carbons (Fsp3) is 1.00. The van der Waals surface area contributed by atoms with Gasteiger partial charge in [0.15, 0.2) is 0 Å². The van der Waals surface area contributed by atoms with Crippen molar-refractivity contribution in [2.45, 2.75) is 12.8 Å². The minimum Gasteiger partial charge on any atom is -0.315 e. The number of hydrogen-bond donors (Lipinski definition) is 1. The standard InChI is InChI=1S/C13H30N4/c1-15(2)8-5-9-16(3)12-13-17-10-4-6-14-7-11-17/h14H,4-13H2,1-3H3. The molecule has 0 spiro atoms. The molecule has 1 aliphatic rings. The molecule has 0 radical (unpaired) electrons. The van der Waals surface area contributed by atoms with Crippen molar-refractivity contribution in [1.82, 2.24) is 20.0 Å². The Bertz CT molecular complexity index is 176. The van der Waals surface area contributed by atoms with Gasteiger partial charge in [-0.2, -0.15) is 0 Å². The number of nitrogens with zero attached hydrogens (tertiary/aromatic N) is 3. The number of likely N-dealkylation sites (N-methyl/N-ethyl adjacent to an activating group) is 1. The van der Waals surface area contributed by atoms with Crippen LogP contribution in [0.1, 0.15) is 12.8 Å². The molecule has 0 aromatic carbocycles. The normalized spacial score (nSPS) is 18.9. The van der Waals surface area contributed by atoms with Crippen LogP contribution >= 0.6 is 0 Å². The molecule has 17 heavy (non-hydrogen) atoms. The van der Waals surface area contributed by atoms with E-state index in [2.05, 4.69) is 41.2 Å². The minimum atomic E-state index is 1.16. The summed E-state index contributed by atoms with van der Waals surface area (Å²) in [5, 5.41) is 3.45. The lowest BCUT2D eigenvalue weighted by Crippen LogP contribution is -2.36. The molecule has 0 unspecified atom stereocenters. The van der Waals surface area contributed by atoms with Gasteiger partial charge in [-0.1, -0.05) is 0 Å². The van der Waals surface area contributed by atoms with Crippen molar-refractivity contribution in [3.63, 3.8) is 0 Å². The van der Waals surface area contributed by atoms with Gasteiger partial charge in [0.25, 0.3) is 0 Å². The second-order valence-corrected chi connectivity index (χ2v) is 5.41. The SMILES string of the molecule is CN(C)CCCN(C)CCN1CCCNCC1. The highest BCUT2D eigenvalue weighted by molar-refractivity contribution is 4.67. The molecule has 0 aliphatic carbocycles. The Morgan fingerprint density at radius 3 is 2.59 bits per heavy atom. The fourth-order valence-corrected chi connectivity index (χ4v) is 2.21. The first-order valence-electron chi connectivity index (χ1n) is 6.95. The van der Waals surface area contributed by atoms with Crippen LogP contribution in [0.3, 0.4) is 0 Å². The maximum atomic E-state index is 3.45. The predicted molar refractivity (Wildman–Crippen MR) is 74.6 cm³/mol. The van der Waals surface area contributed by atoms with Crippen LogP contribution < -0.4 is 5.32 Å². The molecule has 4 heteroatoms. The lowest BCUT2D eigenvalue weighted by molar-refractivity contribution is 0.228. The van der Waals surface area contributed by atoms with Gasteiger partial charge >= 0.3 is 0 Å². The third-order valence-corrected chi connectivity index (χ3v) is 3.38. The van der Waals surface area contributed by atoms with E-state index in [9.17, 15) is 0 Å². The van der Waals surface area contributed by atoms with E-state index in [0.29, 0.717) is 0 Å². The molecule has 102 valence electrons. The molecule has 0 aromatic heterocycles. The van der Waals surface area contributed by atoms with Crippen LogP contribution in [0, 0.1) is 0 Å². The quantitative estimate of drug-likeness (QED) is 0.687. The van der Waals surface area contributed by atoms with Crippen LogP contribution in [0.4, 0.5) is 0 Å². The summed E-state index contributed by atoms with van der Waals surface area (Å²) in [4.78, 5) is 7.30. The first-order chi connectivity index (χ1) is 8.18. The van der Waals surface area contributed by atoms with Crippen molar-refractivity contribution >= 4 is 0 Å². The maximum Gasteiger partial charge on any atom is 0.0110 e. The Balaban J connectivity index is 2.03. The highest BCUT2D eigenvalue weighted by atomic mass is 15.2. The van der Waals surface area contributed by atoms with Gasteiger partial charge in [-0.25, -0.2) is 0 Å². The van der Waals surface area contributed by atoms with Crippen molar-refractivity contribution in [2.75, 3.05) is 73.5 Å². The maximum absolute atomic E-state index is 3.45. The van der Waals surface area contributed by atoms with E-state index in [1.165, 1.54) is 58.7 Å². The lowest BCUT2D eigenvalue weighted by atomic mass is 10.3. The smallest absolute Gasteiger partial charge is 0.0110 e. The highest BCUT2D eigenvalue weighted by Gasteiger charge is 2.08. The second kappa shape index (κ2) is 8.86. The number of rotatable bonds is 7. The second-order valence-electron chi connectivity index (χ2n) is 5.41. The summed E-state index contributed by atoms with van der Waals surface area (Å²) < 4.78 is 0. The minimum absolute atomic E-state index is 1.16. The van der Waals surface area contributed by atoms with Crippen LogP contribution in [0.15, 0.2) is 0 Å². The molecule has 4 nitrogen and oxygen atoms in total. The first-order valence-corrected chi connectivity index (χ1v) is 6.95. The van der Waals surface area contributed by atoms with Gasteiger partial charge in [-0.05, 0) is 60.2 Å². The van der Waals surface area contributed by atoms with E-state index < -0.39 is 0 Å². The topological polar surface area (TPSA) is 21.8 Å². The highest BCUT2D eigenvalue weighted by Crippen LogP contribution is 1.96. The van der Waals surface area contributed by atoms with Crippen LogP contribution in [0.2, 0.25) is 0 Å². The van der Waals surface area contributed by atoms with Crippen molar-refractivity contribution in [3.8, 4) is 0 Å². The molecule has 1 rings (SSSR count). The number of hydrogen-bond acceptors (Lipinski definition) is 4. The van der Waals surface area contributed by atoms with Crippen LogP contribution in [0.25, 0.3) is 0 Å². The van der Waals surface area contributed by atoms with Crippen LogP contribution in [-0.4, -0.2) is 88.2 Å². The van der Waals surface area contributed by atoms with E-state index in [4.69, 9.17) is 0 Å². The summed E-state index contributed by atoms with van der Waals surface area (Å²) in [5.41, 5.74) is 0. The van der Waals surface area contributed by atoms with Gasteiger partial charge in [0.2, 0.25) is 0 Å². The Hall–Kier alpha value is -0.160. The molecule has 0 amide bonds. The van der Waals surface area contributed by atoms with Gasteiger partial charge in [0.05, 0.1) is 0 Å². The molecule has 1 fully saturated rings. The third kappa shape index (κ3) is 7.71. The molecule has 1 N–H and O–H groups in total. The van der Waals surface area contributed by atoms with E-state index in [-0.39, 0.29) is 0 Å². The Kier molecular flexibility index (Phi) is 7.77. The van der Waals surface area contributed by atoms with Crippen molar-refractivity contribution in [1.29, 1.82) is 0 Å². The van der Waals surface area contributed by atoms with E-state index in [1.54, 1.807) is 0 Å². The van der Waals surface area contributed by atoms with E-state index in [0.717, 1.165) is 6.54 Å². The van der Waals surface area contributed by atoms with Gasteiger partial charge in [0, 0.05) is 26.2 Å².